The van der Waals surface area contributed by atoms with E-state index in [1.54, 1.807) is 10.9 Å². The van der Waals surface area contributed by atoms with Gasteiger partial charge in [-0.3, -0.25) is 4.79 Å². The van der Waals surface area contributed by atoms with E-state index in [1.807, 2.05) is 36.1 Å². The molecule has 0 bridgehead atoms. The van der Waals surface area contributed by atoms with Gasteiger partial charge in [-0.25, -0.2) is 4.68 Å². The number of hydrogen-bond donors (Lipinski definition) is 1. The maximum atomic E-state index is 12.7. The molecule has 0 saturated carbocycles. The van der Waals surface area contributed by atoms with Gasteiger partial charge in [0.1, 0.15) is 0 Å². The van der Waals surface area contributed by atoms with Crippen molar-refractivity contribution < 1.29 is 4.79 Å². The molecular weight excluding hydrogens is 380 g/mol. The first kappa shape index (κ1) is 18.0. The molecule has 0 radical (unpaired) electrons. The fourth-order valence-electron chi connectivity index (χ4n) is 2.97. The number of carbonyl (C=O) groups excluding carboxylic acids is 1. The third-order valence-corrected chi connectivity index (χ3v) is 4.75. The van der Waals surface area contributed by atoms with Gasteiger partial charge in [0.25, 0.3) is 5.91 Å². The fourth-order valence-corrected chi connectivity index (χ4v) is 3.23. The van der Waals surface area contributed by atoms with Crippen molar-refractivity contribution in [2.24, 2.45) is 5.73 Å². The molecule has 3 rings (SSSR count). The number of likely N-dealkylation sites (tertiary alicyclic amines) is 1. The van der Waals surface area contributed by atoms with Crippen LogP contribution in [0.25, 0.3) is 5.69 Å². The zero-order valence-corrected chi connectivity index (χ0v) is 15.3. The Morgan fingerprint density at radius 1 is 1.39 bits per heavy atom. The van der Waals surface area contributed by atoms with Gasteiger partial charge in [0.2, 0.25) is 0 Å². The average molecular weight is 400 g/mol. The zero-order valence-electron chi connectivity index (χ0n) is 12.9. The standard InChI is InChI=1S/C16H19BrN4O.ClH/c1-11-15(16(22)20-8-2-3-14(20)9-18)10-19-21(11)13-6-4-12(17)5-7-13;/h4-7,10,14H,2-3,8-9,18H2,1H3;1H. The second-order valence-corrected chi connectivity index (χ2v) is 6.48. The third-order valence-electron chi connectivity index (χ3n) is 4.22. The number of rotatable bonds is 3. The molecule has 0 aliphatic carbocycles. The molecule has 5 nitrogen and oxygen atoms in total. The van der Waals surface area contributed by atoms with E-state index in [0.717, 1.165) is 35.2 Å². The number of halogens is 2. The lowest BCUT2D eigenvalue weighted by atomic mass is 10.2. The molecule has 23 heavy (non-hydrogen) atoms. The first-order valence-corrected chi connectivity index (χ1v) is 8.22. The van der Waals surface area contributed by atoms with Crippen molar-refractivity contribution in [1.29, 1.82) is 0 Å². The molecule has 1 amide bonds. The minimum absolute atomic E-state index is 0. The van der Waals surface area contributed by atoms with E-state index in [1.165, 1.54) is 0 Å². The van der Waals surface area contributed by atoms with Gasteiger partial charge in [-0.2, -0.15) is 5.10 Å². The van der Waals surface area contributed by atoms with Crippen LogP contribution in [0.5, 0.6) is 0 Å². The van der Waals surface area contributed by atoms with Crippen LogP contribution in [-0.4, -0.2) is 39.7 Å². The summed E-state index contributed by atoms with van der Waals surface area (Å²) in [6.07, 6.45) is 3.67. The Morgan fingerprint density at radius 3 is 2.74 bits per heavy atom. The highest BCUT2D eigenvalue weighted by atomic mass is 79.9. The van der Waals surface area contributed by atoms with Gasteiger partial charge >= 0.3 is 0 Å². The summed E-state index contributed by atoms with van der Waals surface area (Å²) in [7, 11) is 0. The second kappa shape index (κ2) is 7.47. The first-order chi connectivity index (χ1) is 10.6. The van der Waals surface area contributed by atoms with Gasteiger partial charge in [-0.05, 0) is 44.0 Å². The zero-order chi connectivity index (χ0) is 15.7. The SMILES string of the molecule is Cc1c(C(=O)N2CCCC2CN)cnn1-c1ccc(Br)cc1.Cl. The van der Waals surface area contributed by atoms with Crippen LogP contribution in [0.2, 0.25) is 0 Å². The van der Waals surface area contributed by atoms with Crippen LogP contribution < -0.4 is 5.73 Å². The Kier molecular flexibility index (Phi) is 5.84. The largest absolute Gasteiger partial charge is 0.334 e. The highest BCUT2D eigenvalue weighted by Crippen LogP contribution is 2.22. The van der Waals surface area contributed by atoms with E-state index in [0.29, 0.717) is 12.1 Å². The molecule has 1 atom stereocenters. The van der Waals surface area contributed by atoms with Crippen LogP contribution in [-0.2, 0) is 0 Å². The molecule has 1 fully saturated rings. The number of carbonyl (C=O) groups is 1. The van der Waals surface area contributed by atoms with Gasteiger partial charge in [0, 0.05) is 23.6 Å². The molecule has 1 aliphatic rings. The normalized spacial score (nSPS) is 17.2. The maximum absolute atomic E-state index is 12.7. The van der Waals surface area contributed by atoms with Crippen LogP contribution in [0.15, 0.2) is 34.9 Å². The van der Waals surface area contributed by atoms with E-state index in [9.17, 15) is 4.79 Å². The summed E-state index contributed by atoms with van der Waals surface area (Å²) in [5.74, 6) is 0.0359. The van der Waals surface area contributed by atoms with Gasteiger partial charge in [0.05, 0.1) is 23.1 Å². The Balaban J connectivity index is 0.00000192. The number of amides is 1. The molecule has 1 aromatic heterocycles. The minimum Gasteiger partial charge on any atom is -0.334 e. The van der Waals surface area contributed by atoms with Crippen LogP contribution in [0, 0.1) is 6.92 Å². The van der Waals surface area contributed by atoms with Crippen molar-refractivity contribution in [1.82, 2.24) is 14.7 Å². The Bertz CT molecular complexity index is 686. The molecule has 2 aromatic rings. The van der Waals surface area contributed by atoms with Crippen LogP contribution >= 0.6 is 28.3 Å². The van der Waals surface area contributed by atoms with E-state index in [-0.39, 0.29) is 24.4 Å². The molecule has 2 heterocycles. The van der Waals surface area contributed by atoms with E-state index in [2.05, 4.69) is 21.0 Å². The molecule has 1 aromatic carbocycles. The smallest absolute Gasteiger partial charge is 0.257 e. The van der Waals surface area contributed by atoms with Gasteiger partial charge in [-0.1, -0.05) is 15.9 Å². The highest BCUT2D eigenvalue weighted by Gasteiger charge is 2.30. The van der Waals surface area contributed by atoms with Crippen molar-refractivity contribution >= 4 is 34.2 Å². The number of nitrogens with two attached hydrogens (primary N) is 1. The Morgan fingerprint density at radius 2 is 2.09 bits per heavy atom. The van der Waals surface area contributed by atoms with E-state index < -0.39 is 0 Å². The Hall–Kier alpha value is -1.37. The summed E-state index contributed by atoms with van der Waals surface area (Å²) in [6.45, 7) is 3.23. The van der Waals surface area contributed by atoms with E-state index in [4.69, 9.17) is 5.73 Å². The molecule has 0 spiro atoms. The molecule has 1 aliphatic heterocycles. The highest BCUT2D eigenvalue weighted by molar-refractivity contribution is 9.10. The quantitative estimate of drug-likeness (QED) is 0.863. The molecule has 1 unspecified atom stereocenters. The summed E-state index contributed by atoms with van der Waals surface area (Å²) in [4.78, 5) is 14.6. The van der Waals surface area contributed by atoms with Crippen LogP contribution in [0.3, 0.4) is 0 Å². The predicted molar refractivity (Wildman–Crippen MR) is 96.4 cm³/mol. The molecular formula is C16H20BrClN4O. The summed E-state index contributed by atoms with van der Waals surface area (Å²) in [5, 5.41) is 4.38. The maximum Gasteiger partial charge on any atom is 0.257 e. The van der Waals surface area contributed by atoms with Gasteiger partial charge in [-0.15, -0.1) is 12.4 Å². The molecule has 2 N–H and O–H groups in total. The summed E-state index contributed by atoms with van der Waals surface area (Å²) in [6, 6.07) is 8.02. The number of nitrogens with zero attached hydrogens (tertiary/aromatic N) is 3. The van der Waals surface area contributed by atoms with Crippen molar-refractivity contribution in [3.05, 3.63) is 46.2 Å². The summed E-state index contributed by atoms with van der Waals surface area (Å²) in [5.41, 5.74) is 8.22. The van der Waals surface area contributed by atoms with Gasteiger partial charge < -0.3 is 10.6 Å². The Labute approximate surface area is 150 Å². The number of hydrogen-bond acceptors (Lipinski definition) is 3. The van der Waals surface area contributed by atoms with Crippen molar-refractivity contribution in [3.8, 4) is 5.69 Å². The lowest BCUT2D eigenvalue weighted by Crippen LogP contribution is -2.40. The van der Waals surface area contributed by atoms with Crippen molar-refractivity contribution in [3.63, 3.8) is 0 Å². The lowest BCUT2D eigenvalue weighted by molar-refractivity contribution is 0.0740. The number of benzene rings is 1. The number of aromatic nitrogens is 2. The second-order valence-electron chi connectivity index (χ2n) is 5.56. The van der Waals surface area contributed by atoms with E-state index >= 15 is 0 Å². The fraction of sp³-hybridized carbons (Fsp3) is 0.375. The monoisotopic (exact) mass is 398 g/mol. The van der Waals surface area contributed by atoms with Crippen molar-refractivity contribution in [2.45, 2.75) is 25.8 Å². The first-order valence-electron chi connectivity index (χ1n) is 7.43. The molecule has 124 valence electrons. The third kappa shape index (κ3) is 3.44. The molecule has 1 saturated heterocycles. The predicted octanol–water partition coefficient (Wildman–Crippen LogP) is 2.93. The van der Waals surface area contributed by atoms with Gasteiger partial charge in [0.15, 0.2) is 0 Å². The van der Waals surface area contributed by atoms with Crippen LogP contribution in [0.4, 0.5) is 0 Å². The summed E-state index contributed by atoms with van der Waals surface area (Å²) < 4.78 is 2.81. The van der Waals surface area contributed by atoms with Crippen LogP contribution in [0.1, 0.15) is 28.9 Å². The summed E-state index contributed by atoms with van der Waals surface area (Å²) >= 11 is 3.42. The lowest BCUT2D eigenvalue weighted by Gasteiger charge is -2.23. The van der Waals surface area contributed by atoms with Crippen molar-refractivity contribution in [2.75, 3.05) is 13.1 Å². The minimum atomic E-state index is 0. The molecule has 7 heteroatoms. The average Bonchev–Trinajstić information content (AvgIpc) is 3.14. The topological polar surface area (TPSA) is 64.2 Å².